The summed E-state index contributed by atoms with van der Waals surface area (Å²) in [6.45, 7) is 8.45. The molecular weight excluding hydrogens is 358 g/mol. The highest BCUT2D eigenvalue weighted by molar-refractivity contribution is 8.28. The average molecular weight is 378 g/mol. The van der Waals surface area contributed by atoms with Gasteiger partial charge in [0, 0.05) is 21.7 Å². The second kappa shape index (κ2) is 6.58. The molecule has 0 unspecified atom stereocenters. The van der Waals surface area contributed by atoms with Gasteiger partial charge in [-0.3, -0.25) is 0 Å². The molecule has 0 bridgehead atoms. The van der Waals surface area contributed by atoms with Crippen molar-refractivity contribution in [1.29, 1.82) is 0 Å². The number of hydrogen-bond donors (Lipinski definition) is 1. The van der Waals surface area contributed by atoms with Gasteiger partial charge in [0.05, 0.1) is 16.4 Å². The Morgan fingerprint density at radius 3 is 2.83 bits per heavy atom. The molecule has 1 N–H and O–H groups in total. The molecular formula is C18H19NO2S3. The standard InChI is InChI=1S/C18H19NO2S3/c1-5-21-16(20)13-9-23-17(24-13)14-11-7-6-10(2)8-12(11)19-18(3,4)15(14)22/h6-9,19H,5H2,1-4H3/b17-14+. The van der Waals surface area contributed by atoms with E-state index in [4.69, 9.17) is 17.0 Å². The topological polar surface area (TPSA) is 38.3 Å². The van der Waals surface area contributed by atoms with Crippen LogP contribution in [0.15, 0.2) is 32.7 Å². The molecule has 2 aliphatic heterocycles. The zero-order valence-corrected chi connectivity index (χ0v) is 16.5. The number of anilines is 1. The smallest absolute Gasteiger partial charge is 0.345 e. The molecule has 0 radical (unpaired) electrons. The second-order valence-electron chi connectivity index (χ2n) is 6.21. The minimum atomic E-state index is -0.313. The third-order valence-electron chi connectivity index (χ3n) is 3.84. The van der Waals surface area contributed by atoms with Crippen molar-refractivity contribution in [3.8, 4) is 0 Å². The van der Waals surface area contributed by atoms with Crippen LogP contribution in [0.1, 0.15) is 31.9 Å². The predicted octanol–water partition coefficient (Wildman–Crippen LogP) is 5.12. The van der Waals surface area contributed by atoms with Crippen LogP contribution in [0.3, 0.4) is 0 Å². The molecule has 0 amide bonds. The predicted molar refractivity (Wildman–Crippen MR) is 108 cm³/mol. The van der Waals surface area contributed by atoms with Gasteiger partial charge >= 0.3 is 5.97 Å². The molecule has 0 spiro atoms. The Bertz CT molecular complexity index is 793. The van der Waals surface area contributed by atoms with E-state index < -0.39 is 0 Å². The molecule has 6 heteroatoms. The van der Waals surface area contributed by atoms with E-state index in [1.165, 1.54) is 17.3 Å². The van der Waals surface area contributed by atoms with Gasteiger partial charge in [-0.1, -0.05) is 47.9 Å². The Kier molecular flexibility index (Phi) is 4.82. The molecule has 0 saturated heterocycles. The summed E-state index contributed by atoms with van der Waals surface area (Å²) in [5.74, 6) is -0.270. The van der Waals surface area contributed by atoms with Gasteiger partial charge in [0.2, 0.25) is 0 Å². The Hall–Kier alpha value is -1.24. The number of rotatable bonds is 2. The quantitative estimate of drug-likeness (QED) is 0.438. The molecule has 126 valence electrons. The molecule has 1 aromatic rings. The van der Waals surface area contributed by atoms with Crippen molar-refractivity contribution < 1.29 is 9.53 Å². The first-order valence-corrected chi connectivity index (χ1v) is 9.84. The lowest BCUT2D eigenvalue weighted by Crippen LogP contribution is -2.43. The first-order chi connectivity index (χ1) is 11.3. The molecule has 0 aliphatic carbocycles. The molecule has 0 fully saturated rings. The molecule has 3 rings (SSSR count). The van der Waals surface area contributed by atoms with Gasteiger partial charge in [-0.15, -0.1) is 0 Å². The zero-order chi connectivity index (χ0) is 17.5. The summed E-state index contributed by atoms with van der Waals surface area (Å²) >= 11 is 8.78. The highest BCUT2D eigenvalue weighted by Gasteiger charge is 2.36. The number of carbonyl (C=O) groups is 1. The maximum atomic E-state index is 12.0. The van der Waals surface area contributed by atoms with E-state index in [1.807, 2.05) is 12.3 Å². The molecule has 3 nitrogen and oxygen atoms in total. The van der Waals surface area contributed by atoms with Gasteiger partial charge in [0.25, 0.3) is 0 Å². The number of carbonyl (C=O) groups excluding carboxylic acids is 1. The van der Waals surface area contributed by atoms with Gasteiger partial charge in [-0.05, 0) is 44.7 Å². The van der Waals surface area contributed by atoms with E-state index >= 15 is 0 Å². The highest BCUT2D eigenvalue weighted by atomic mass is 32.2. The highest BCUT2D eigenvalue weighted by Crippen LogP contribution is 2.51. The van der Waals surface area contributed by atoms with Crippen molar-refractivity contribution >= 4 is 57.8 Å². The number of benzene rings is 1. The maximum Gasteiger partial charge on any atom is 0.345 e. The Morgan fingerprint density at radius 2 is 2.12 bits per heavy atom. The minimum absolute atomic E-state index is 0.270. The van der Waals surface area contributed by atoms with E-state index in [1.54, 1.807) is 11.8 Å². The molecule has 0 aromatic heterocycles. The van der Waals surface area contributed by atoms with Crippen molar-refractivity contribution in [2.24, 2.45) is 0 Å². The summed E-state index contributed by atoms with van der Waals surface area (Å²) in [4.78, 5) is 13.5. The summed E-state index contributed by atoms with van der Waals surface area (Å²) in [7, 11) is 0. The molecule has 2 heterocycles. The monoisotopic (exact) mass is 377 g/mol. The van der Waals surface area contributed by atoms with Crippen molar-refractivity contribution in [2.75, 3.05) is 11.9 Å². The molecule has 2 aliphatic rings. The molecule has 24 heavy (non-hydrogen) atoms. The lowest BCUT2D eigenvalue weighted by molar-refractivity contribution is -0.137. The van der Waals surface area contributed by atoms with Crippen molar-refractivity contribution in [1.82, 2.24) is 0 Å². The Labute approximate surface area is 156 Å². The Morgan fingerprint density at radius 1 is 1.38 bits per heavy atom. The van der Waals surface area contributed by atoms with Gasteiger partial charge in [-0.25, -0.2) is 4.79 Å². The minimum Gasteiger partial charge on any atom is -0.462 e. The number of aryl methyl sites for hydroxylation is 1. The van der Waals surface area contributed by atoms with Crippen LogP contribution in [0, 0.1) is 6.92 Å². The van der Waals surface area contributed by atoms with Gasteiger partial charge < -0.3 is 10.1 Å². The fourth-order valence-corrected chi connectivity index (χ4v) is 5.30. The summed E-state index contributed by atoms with van der Waals surface area (Å²) in [6, 6.07) is 6.33. The average Bonchev–Trinajstić information content (AvgIpc) is 2.98. The number of esters is 1. The lowest BCUT2D eigenvalue weighted by atomic mass is 9.85. The van der Waals surface area contributed by atoms with E-state index in [0.29, 0.717) is 11.5 Å². The molecule has 0 saturated carbocycles. The zero-order valence-electron chi connectivity index (χ0n) is 14.1. The van der Waals surface area contributed by atoms with Crippen LogP contribution >= 0.6 is 35.7 Å². The van der Waals surface area contributed by atoms with Crippen molar-refractivity contribution in [2.45, 2.75) is 33.2 Å². The maximum absolute atomic E-state index is 12.0. The largest absolute Gasteiger partial charge is 0.462 e. The summed E-state index contributed by atoms with van der Waals surface area (Å²) in [5.41, 5.74) is 4.12. The summed E-state index contributed by atoms with van der Waals surface area (Å²) in [5, 5.41) is 5.39. The van der Waals surface area contributed by atoms with E-state index in [-0.39, 0.29) is 11.5 Å². The number of fused-ring (bicyclic) bond motifs is 1. The van der Waals surface area contributed by atoms with Gasteiger partial charge in [-0.2, -0.15) is 0 Å². The Balaban J connectivity index is 2.04. The third kappa shape index (κ3) is 3.15. The van der Waals surface area contributed by atoms with Gasteiger partial charge in [0.15, 0.2) is 0 Å². The van der Waals surface area contributed by atoms with Gasteiger partial charge in [0.1, 0.15) is 4.91 Å². The normalized spacial score (nSPS) is 21.8. The fourth-order valence-electron chi connectivity index (χ4n) is 2.67. The van der Waals surface area contributed by atoms with Crippen LogP contribution in [0.25, 0.3) is 5.57 Å². The lowest BCUT2D eigenvalue weighted by Gasteiger charge is -2.37. The van der Waals surface area contributed by atoms with Crippen LogP contribution in [-0.4, -0.2) is 23.0 Å². The number of nitrogens with one attached hydrogen (secondary N) is 1. The van der Waals surface area contributed by atoms with Crippen LogP contribution in [0.5, 0.6) is 0 Å². The van der Waals surface area contributed by atoms with E-state index in [0.717, 1.165) is 25.9 Å². The number of ether oxygens (including phenoxy) is 1. The summed E-state index contributed by atoms with van der Waals surface area (Å²) in [6.07, 6.45) is 0. The number of hydrogen-bond acceptors (Lipinski definition) is 6. The fraction of sp³-hybridized carbons (Fsp3) is 0.333. The van der Waals surface area contributed by atoms with Crippen molar-refractivity contribution in [3.63, 3.8) is 0 Å². The first-order valence-electron chi connectivity index (χ1n) is 7.73. The van der Waals surface area contributed by atoms with E-state index in [9.17, 15) is 4.79 Å². The SMILES string of the molecule is CCOC(=O)C1=CS/C(=C2\C(=S)C(C)(C)Nc3cc(C)ccc32)S1. The summed E-state index contributed by atoms with van der Waals surface area (Å²) < 4.78 is 6.15. The molecule has 0 atom stereocenters. The van der Waals surface area contributed by atoms with Crippen molar-refractivity contribution in [3.05, 3.63) is 43.9 Å². The van der Waals surface area contributed by atoms with Crippen LogP contribution in [0.4, 0.5) is 5.69 Å². The van der Waals surface area contributed by atoms with E-state index in [2.05, 4.69) is 44.3 Å². The van der Waals surface area contributed by atoms with Crippen LogP contribution in [-0.2, 0) is 9.53 Å². The van der Waals surface area contributed by atoms with Crippen LogP contribution in [0.2, 0.25) is 0 Å². The third-order valence-corrected chi connectivity index (χ3v) is 6.91. The molecule has 1 aromatic carbocycles. The number of thiocarbonyl (C=S) groups is 1. The van der Waals surface area contributed by atoms with Crippen LogP contribution < -0.4 is 5.32 Å². The first kappa shape index (κ1) is 17.6. The second-order valence-corrected chi connectivity index (χ2v) is 8.81. The number of thioether (sulfide) groups is 2.